The van der Waals surface area contributed by atoms with E-state index in [1.807, 2.05) is 0 Å². The van der Waals surface area contributed by atoms with Gasteiger partial charge in [0.1, 0.15) is 0 Å². The van der Waals surface area contributed by atoms with Gasteiger partial charge in [0.15, 0.2) is 0 Å². The molecule has 0 nitrogen and oxygen atoms in total. The zero-order chi connectivity index (χ0) is 2.00. The number of rotatable bonds is 0. The largest absolute Gasteiger partial charge is 0.0999 e. The Bertz CT molecular complexity index is 6.00. The molecule has 0 atom stereocenters. The second-order valence-corrected chi connectivity index (χ2v) is 0. The first-order valence-corrected chi connectivity index (χ1v) is 0.577. The van der Waals surface area contributed by atoms with E-state index in [-0.39, 0.29) is 40.1 Å². The molecule has 0 spiro atoms. The van der Waals surface area contributed by atoms with Gasteiger partial charge in [-0.15, -0.1) is 0 Å². The second kappa shape index (κ2) is 30.6. The minimum absolute atomic E-state index is 0. The molecule has 0 rings (SSSR count). The Labute approximate surface area is 54.6 Å². The van der Waals surface area contributed by atoms with Crippen molar-refractivity contribution in [2.45, 2.75) is 14.2 Å². The van der Waals surface area contributed by atoms with Crippen LogP contribution in [0.15, 0.2) is 0 Å². The van der Waals surface area contributed by atoms with Gasteiger partial charge in [0, 0.05) is 32.7 Å². The van der Waals surface area contributed by atoms with Gasteiger partial charge in [-0.25, -0.2) is 0 Å². The maximum atomic E-state index is 4.50. The Kier molecular flexibility index (Phi) is 146. The molecular formula is C2H7BY. The van der Waals surface area contributed by atoms with E-state index in [2.05, 4.69) is 7.85 Å². The molecule has 0 fully saturated rings. The van der Waals surface area contributed by atoms with Crippen LogP contribution in [0.1, 0.15) is 7.43 Å². The van der Waals surface area contributed by atoms with Crippen LogP contribution in [0.3, 0.4) is 0 Å². The third kappa shape index (κ3) is 10.9. The van der Waals surface area contributed by atoms with E-state index in [0.29, 0.717) is 0 Å². The summed E-state index contributed by atoms with van der Waals surface area (Å²) in [6.07, 6.45) is 0. The third-order valence-electron chi connectivity index (χ3n) is 0. The summed E-state index contributed by atoms with van der Waals surface area (Å²) < 4.78 is 0. The van der Waals surface area contributed by atoms with Crippen molar-refractivity contribution in [1.29, 1.82) is 0 Å². The van der Waals surface area contributed by atoms with Crippen LogP contribution in [0.4, 0.5) is 0 Å². The van der Waals surface area contributed by atoms with Gasteiger partial charge in [-0.05, 0) is 0 Å². The minimum Gasteiger partial charge on any atom is -0.0999 e. The first-order chi connectivity index (χ1) is 1.00. The zero-order valence-corrected chi connectivity index (χ0v) is 4.99. The van der Waals surface area contributed by atoms with E-state index >= 15 is 0 Å². The molecule has 21 valence electrons. The van der Waals surface area contributed by atoms with E-state index in [4.69, 9.17) is 0 Å². The number of hydrogen-bond donors (Lipinski definition) is 0. The molecule has 0 unspecified atom stereocenters. The second-order valence-electron chi connectivity index (χ2n) is 0. The smallest absolute Gasteiger partial charge is 0.0606 e. The summed E-state index contributed by atoms with van der Waals surface area (Å²) in [5.41, 5.74) is 0. The van der Waals surface area contributed by atoms with Crippen molar-refractivity contribution in [1.82, 2.24) is 0 Å². The van der Waals surface area contributed by atoms with Crippen LogP contribution in [0, 0.1) is 0 Å². The molecule has 0 aromatic rings. The van der Waals surface area contributed by atoms with Gasteiger partial charge in [0.2, 0.25) is 0 Å². The van der Waals surface area contributed by atoms with Crippen LogP contribution in [-0.4, -0.2) is 7.85 Å². The van der Waals surface area contributed by atoms with Gasteiger partial charge < -0.3 is 0 Å². The normalized spacial score (nSPS) is 1.25. The molecule has 0 aromatic carbocycles. The molecular weight excluding hydrogens is 124 g/mol. The van der Waals surface area contributed by atoms with E-state index in [9.17, 15) is 0 Å². The van der Waals surface area contributed by atoms with Gasteiger partial charge in [-0.1, -0.05) is 14.2 Å². The fourth-order valence-electron chi connectivity index (χ4n) is 0. The Hall–Kier alpha value is 1.17. The topological polar surface area (TPSA) is 0 Å². The maximum absolute atomic E-state index is 4.50. The third-order valence-corrected chi connectivity index (χ3v) is 0. The molecule has 0 bridgehead atoms. The maximum Gasteiger partial charge on any atom is 0.0606 e. The van der Waals surface area contributed by atoms with Crippen LogP contribution >= 0.6 is 0 Å². The standard InChI is InChI=1S/CH3B.CH4.Y/c1-2;;/h1H3;1H4;. The molecule has 3 radical (unpaired) electrons. The van der Waals surface area contributed by atoms with Crippen LogP contribution in [0.5, 0.6) is 0 Å². The van der Waals surface area contributed by atoms with Crippen molar-refractivity contribution in [3.05, 3.63) is 0 Å². The summed E-state index contributed by atoms with van der Waals surface area (Å²) in [5.74, 6) is 0. The molecule has 0 amide bonds. The van der Waals surface area contributed by atoms with Gasteiger partial charge >= 0.3 is 0 Å². The van der Waals surface area contributed by atoms with Crippen molar-refractivity contribution in [3.63, 3.8) is 0 Å². The average molecular weight is 131 g/mol. The Morgan fingerprint density at radius 3 is 1.25 bits per heavy atom. The van der Waals surface area contributed by atoms with E-state index < -0.39 is 0 Å². The quantitative estimate of drug-likeness (QED) is 0.427. The summed E-state index contributed by atoms with van der Waals surface area (Å²) in [7, 11) is 4.50. The Morgan fingerprint density at radius 1 is 1.25 bits per heavy atom. The van der Waals surface area contributed by atoms with Crippen molar-refractivity contribution in [2.24, 2.45) is 0 Å². The van der Waals surface area contributed by atoms with E-state index in [1.165, 1.54) is 6.82 Å². The van der Waals surface area contributed by atoms with Gasteiger partial charge in [-0.3, -0.25) is 0 Å². The summed E-state index contributed by atoms with van der Waals surface area (Å²) in [6.45, 7) is 1.50. The van der Waals surface area contributed by atoms with Crippen LogP contribution < -0.4 is 0 Å². The summed E-state index contributed by atoms with van der Waals surface area (Å²) in [6, 6.07) is 0. The fraction of sp³-hybridized carbons (Fsp3) is 1.00. The summed E-state index contributed by atoms with van der Waals surface area (Å²) >= 11 is 0. The molecule has 0 heterocycles. The molecule has 2 heteroatoms. The molecule has 4 heavy (non-hydrogen) atoms. The fourth-order valence-corrected chi connectivity index (χ4v) is 0. The van der Waals surface area contributed by atoms with E-state index in [0.717, 1.165) is 0 Å². The van der Waals surface area contributed by atoms with Gasteiger partial charge in [0.05, 0.1) is 7.85 Å². The molecule has 0 saturated carbocycles. The van der Waals surface area contributed by atoms with Crippen LogP contribution in [0.2, 0.25) is 6.82 Å². The van der Waals surface area contributed by atoms with Crippen molar-refractivity contribution < 1.29 is 32.7 Å². The summed E-state index contributed by atoms with van der Waals surface area (Å²) in [4.78, 5) is 0. The van der Waals surface area contributed by atoms with Gasteiger partial charge in [-0.2, -0.15) is 0 Å². The van der Waals surface area contributed by atoms with Crippen molar-refractivity contribution in [3.8, 4) is 0 Å². The predicted octanol–water partition coefficient (Wildman–Crippen LogP) is 0.837. The van der Waals surface area contributed by atoms with Gasteiger partial charge in [0.25, 0.3) is 0 Å². The molecule has 0 aliphatic carbocycles. The van der Waals surface area contributed by atoms with E-state index in [1.54, 1.807) is 0 Å². The Balaban J connectivity index is -0.00000000500. The molecule has 0 aromatic heterocycles. The number of hydrogen-bond acceptors (Lipinski definition) is 0. The molecule has 0 aliphatic rings. The summed E-state index contributed by atoms with van der Waals surface area (Å²) in [5, 5.41) is 0. The minimum atomic E-state index is 0. The van der Waals surface area contributed by atoms with Crippen LogP contribution in [-0.2, 0) is 32.7 Å². The zero-order valence-electron chi connectivity index (χ0n) is 2.15. The first-order valence-electron chi connectivity index (χ1n) is 0.577. The average Bonchev–Trinajstić information content (AvgIpc) is 1.00. The first kappa shape index (κ1) is 19.1. The predicted molar refractivity (Wildman–Crippen MR) is 18.3 cm³/mol. The molecule has 0 N–H and O–H groups in total. The van der Waals surface area contributed by atoms with Crippen molar-refractivity contribution >= 4 is 7.85 Å². The molecule has 0 aliphatic heterocycles. The van der Waals surface area contributed by atoms with Crippen LogP contribution in [0.25, 0.3) is 0 Å². The molecule has 0 saturated heterocycles. The Morgan fingerprint density at radius 2 is 1.25 bits per heavy atom. The monoisotopic (exact) mass is 131 g/mol. The SMILES string of the molecule is C.[B]C.[Y]. The van der Waals surface area contributed by atoms with Crippen molar-refractivity contribution in [2.75, 3.05) is 0 Å².